The van der Waals surface area contributed by atoms with Crippen molar-refractivity contribution in [1.82, 2.24) is 5.32 Å². The van der Waals surface area contributed by atoms with Crippen LogP contribution in [0.25, 0.3) is 0 Å². The number of carbonyl (C=O) groups excluding carboxylic acids is 1. The molecule has 0 bridgehead atoms. The second kappa shape index (κ2) is 6.39. The molecule has 0 aliphatic heterocycles. The van der Waals surface area contributed by atoms with E-state index in [-0.39, 0.29) is 12.5 Å². The van der Waals surface area contributed by atoms with E-state index in [0.717, 1.165) is 4.88 Å². The van der Waals surface area contributed by atoms with Gasteiger partial charge in [0.05, 0.1) is 0 Å². The Morgan fingerprint density at radius 1 is 1.32 bits per heavy atom. The van der Waals surface area contributed by atoms with Crippen molar-refractivity contribution in [2.45, 2.75) is 6.10 Å². The quantitative estimate of drug-likeness (QED) is 0.907. The number of aliphatic hydroxyl groups excluding tert-OH is 1. The van der Waals surface area contributed by atoms with Crippen molar-refractivity contribution >= 4 is 40.4 Å². The van der Waals surface area contributed by atoms with Crippen LogP contribution in [0, 0.1) is 0 Å². The van der Waals surface area contributed by atoms with Crippen molar-refractivity contribution < 1.29 is 9.90 Å². The first-order valence-electron chi connectivity index (χ1n) is 5.52. The van der Waals surface area contributed by atoms with Gasteiger partial charge in [-0.2, -0.15) is 0 Å². The topological polar surface area (TPSA) is 49.3 Å². The molecule has 1 atom stereocenters. The van der Waals surface area contributed by atoms with Crippen LogP contribution in [0.5, 0.6) is 0 Å². The van der Waals surface area contributed by atoms with Gasteiger partial charge in [0.15, 0.2) is 0 Å². The minimum Gasteiger partial charge on any atom is -0.386 e. The van der Waals surface area contributed by atoms with Crippen LogP contribution < -0.4 is 5.32 Å². The van der Waals surface area contributed by atoms with Gasteiger partial charge in [0.25, 0.3) is 5.91 Å². The van der Waals surface area contributed by atoms with E-state index in [9.17, 15) is 9.90 Å². The van der Waals surface area contributed by atoms with Gasteiger partial charge in [-0.1, -0.05) is 29.3 Å². The van der Waals surface area contributed by atoms with Gasteiger partial charge in [0, 0.05) is 27.0 Å². The molecule has 1 amide bonds. The lowest BCUT2D eigenvalue weighted by molar-refractivity contribution is 0.0918. The van der Waals surface area contributed by atoms with Crippen molar-refractivity contribution in [3.63, 3.8) is 0 Å². The van der Waals surface area contributed by atoms with Crippen LogP contribution in [-0.2, 0) is 0 Å². The monoisotopic (exact) mass is 315 g/mol. The number of rotatable bonds is 4. The SMILES string of the molecule is O=C(NCC(O)c1cccs1)c1cc(Cl)cc(Cl)c1. The molecule has 3 nitrogen and oxygen atoms in total. The molecule has 2 N–H and O–H groups in total. The number of amides is 1. The molecule has 0 aliphatic rings. The minimum absolute atomic E-state index is 0.142. The smallest absolute Gasteiger partial charge is 0.251 e. The predicted octanol–water partition coefficient (Wildman–Crippen LogP) is 3.52. The van der Waals surface area contributed by atoms with Gasteiger partial charge < -0.3 is 10.4 Å². The molecule has 100 valence electrons. The Kier molecular flexibility index (Phi) is 4.82. The van der Waals surface area contributed by atoms with Gasteiger partial charge in [0.2, 0.25) is 0 Å². The molecule has 0 saturated heterocycles. The maximum Gasteiger partial charge on any atom is 0.251 e. The van der Waals surface area contributed by atoms with Crippen LogP contribution in [0.3, 0.4) is 0 Å². The Morgan fingerprint density at radius 2 is 2.00 bits per heavy atom. The highest BCUT2D eigenvalue weighted by atomic mass is 35.5. The second-order valence-electron chi connectivity index (χ2n) is 3.90. The van der Waals surface area contributed by atoms with Crippen LogP contribution in [0.15, 0.2) is 35.7 Å². The number of halogens is 2. The number of benzene rings is 1. The van der Waals surface area contributed by atoms with Crippen molar-refractivity contribution in [2.75, 3.05) is 6.54 Å². The van der Waals surface area contributed by atoms with E-state index in [2.05, 4.69) is 5.32 Å². The molecule has 1 unspecified atom stereocenters. The summed E-state index contributed by atoms with van der Waals surface area (Å²) in [6.45, 7) is 0.142. The van der Waals surface area contributed by atoms with Crippen LogP contribution >= 0.6 is 34.5 Å². The molecule has 1 aromatic heterocycles. The number of nitrogens with one attached hydrogen (secondary N) is 1. The molecular weight excluding hydrogens is 305 g/mol. The number of hydrogen-bond donors (Lipinski definition) is 2. The first-order valence-corrected chi connectivity index (χ1v) is 7.15. The molecule has 2 aromatic rings. The Morgan fingerprint density at radius 3 is 2.58 bits per heavy atom. The molecule has 1 aromatic carbocycles. The van der Waals surface area contributed by atoms with Crippen LogP contribution in [0.2, 0.25) is 10.0 Å². The first-order chi connectivity index (χ1) is 9.06. The molecule has 0 radical (unpaired) electrons. The normalized spacial score (nSPS) is 12.2. The zero-order valence-electron chi connectivity index (χ0n) is 9.77. The first kappa shape index (κ1) is 14.3. The zero-order valence-corrected chi connectivity index (χ0v) is 12.1. The summed E-state index contributed by atoms with van der Waals surface area (Å²) in [7, 11) is 0. The largest absolute Gasteiger partial charge is 0.386 e. The summed E-state index contributed by atoms with van der Waals surface area (Å²) in [4.78, 5) is 12.7. The van der Waals surface area contributed by atoms with Gasteiger partial charge in [-0.15, -0.1) is 11.3 Å². The number of thiophene rings is 1. The third kappa shape index (κ3) is 3.94. The minimum atomic E-state index is -0.710. The summed E-state index contributed by atoms with van der Waals surface area (Å²) in [6, 6.07) is 8.28. The maximum absolute atomic E-state index is 11.9. The average Bonchev–Trinajstić information content (AvgIpc) is 2.88. The lowest BCUT2D eigenvalue weighted by Crippen LogP contribution is -2.28. The van der Waals surface area contributed by atoms with E-state index in [1.165, 1.54) is 23.5 Å². The standard InChI is InChI=1S/C13H11Cl2NO2S/c14-9-4-8(5-10(15)6-9)13(18)16-7-11(17)12-2-1-3-19-12/h1-6,11,17H,7H2,(H,16,18). The summed E-state index contributed by atoms with van der Waals surface area (Å²) in [6.07, 6.45) is -0.710. The van der Waals surface area contributed by atoms with Crippen LogP contribution in [0.1, 0.15) is 21.3 Å². The van der Waals surface area contributed by atoms with Crippen molar-refractivity contribution in [2.24, 2.45) is 0 Å². The summed E-state index contributed by atoms with van der Waals surface area (Å²) in [5, 5.41) is 15.2. The van der Waals surface area contributed by atoms with Gasteiger partial charge in [-0.3, -0.25) is 4.79 Å². The maximum atomic E-state index is 11.9. The Labute approximate surface area is 124 Å². The molecule has 2 rings (SSSR count). The highest BCUT2D eigenvalue weighted by molar-refractivity contribution is 7.10. The molecule has 0 spiro atoms. The highest BCUT2D eigenvalue weighted by Gasteiger charge is 2.12. The van der Waals surface area contributed by atoms with E-state index in [0.29, 0.717) is 15.6 Å². The lowest BCUT2D eigenvalue weighted by atomic mass is 10.2. The molecule has 0 fully saturated rings. The van der Waals surface area contributed by atoms with Gasteiger partial charge in [-0.25, -0.2) is 0 Å². The molecule has 19 heavy (non-hydrogen) atoms. The number of carbonyl (C=O) groups is 1. The van der Waals surface area contributed by atoms with Gasteiger partial charge >= 0.3 is 0 Å². The molecule has 0 saturated carbocycles. The summed E-state index contributed by atoms with van der Waals surface area (Å²) in [5.41, 5.74) is 0.371. The van der Waals surface area contributed by atoms with E-state index < -0.39 is 6.10 Å². The van der Waals surface area contributed by atoms with E-state index in [4.69, 9.17) is 23.2 Å². The summed E-state index contributed by atoms with van der Waals surface area (Å²) < 4.78 is 0. The van der Waals surface area contributed by atoms with E-state index in [1.54, 1.807) is 6.07 Å². The van der Waals surface area contributed by atoms with Crippen molar-refractivity contribution in [3.8, 4) is 0 Å². The Hall–Kier alpha value is -1.07. The lowest BCUT2D eigenvalue weighted by Gasteiger charge is -2.10. The predicted molar refractivity (Wildman–Crippen MR) is 78.1 cm³/mol. The number of hydrogen-bond acceptors (Lipinski definition) is 3. The third-order valence-corrected chi connectivity index (χ3v) is 3.86. The fraction of sp³-hybridized carbons (Fsp3) is 0.154. The van der Waals surface area contributed by atoms with Gasteiger partial charge in [0.1, 0.15) is 6.10 Å². The fourth-order valence-electron chi connectivity index (χ4n) is 1.56. The zero-order chi connectivity index (χ0) is 13.8. The molecule has 6 heteroatoms. The third-order valence-electron chi connectivity index (χ3n) is 2.45. The highest BCUT2D eigenvalue weighted by Crippen LogP contribution is 2.20. The van der Waals surface area contributed by atoms with Crippen LogP contribution in [-0.4, -0.2) is 17.6 Å². The van der Waals surface area contributed by atoms with Gasteiger partial charge in [-0.05, 0) is 29.6 Å². The molecule has 1 heterocycles. The fourth-order valence-corrected chi connectivity index (χ4v) is 2.80. The van der Waals surface area contributed by atoms with Crippen molar-refractivity contribution in [3.05, 3.63) is 56.2 Å². The number of aliphatic hydroxyl groups is 1. The average molecular weight is 316 g/mol. The molecular formula is C13H11Cl2NO2S. The van der Waals surface area contributed by atoms with E-state index >= 15 is 0 Å². The molecule has 0 aliphatic carbocycles. The van der Waals surface area contributed by atoms with E-state index in [1.807, 2.05) is 17.5 Å². The van der Waals surface area contributed by atoms with Crippen LogP contribution in [0.4, 0.5) is 0 Å². The Balaban J connectivity index is 1.98. The summed E-state index contributed by atoms with van der Waals surface area (Å²) in [5.74, 6) is -0.319. The Bertz CT molecular complexity index is 552. The second-order valence-corrected chi connectivity index (χ2v) is 5.75. The van der Waals surface area contributed by atoms with Crippen molar-refractivity contribution in [1.29, 1.82) is 0 Å². The summed E-state index contributed by atoms with van der Waals surface area (Å²) >= 11 is 13.1.